The van der Waals surface area contributed by atoms with Gasteiger partial charge in [-0.3, -0.25) is 4.99 Å². The molecular weight excluding hydrogens is 136 g/mol. The number of nitrogens with one attached hydrogen (secondary N) is 1. The van der Waals surface area contributed by atoms with Gasteiger partial charge in [-0.25, -0.2) is 0 Å². The molecular formula is C9H14N2. The van der Waals surface area contributed by atoms with Crippen molar-refractivity contribution in [3.8, 4) is 0 Å². The quantitative estimate of drug-likeness (QED) is 0.640. The molecule has 0 amide bonds. The van der Waals surface area contributed by atoms with E-state index >= 15 is 0 Å². The van der Waals surface area contributed by atoms with Crippen LogP contribution in [0, 0.1) is 0 Å². The average Bonchev–Trinajstić information content (AvgIpc) is 2.52. The second-order valence-corrected chi connectivity index (χ2v) is 2.55. The van der Waals surface area contributed by atoms with Gasteiger partial charge in [0.05, 0.1) is 11.4 Å². The lowest BCUT2D eigenvalue weighted by atomic mass is 10.3. The van der Waals surface area contributed by atoms with Crippen molar-refractivity contribution >= 4 is 5.71 Å². The highest BCUT2D eigenvalue weighted by molar-refractivity contribution is 5.96. The van der Waals surface area contributed by atoms with Crippen LogP contribution in [0.5, 0.6) is 0 Å². The van der Waals surface area contributed by atoms with E-state index in [2.05, 4.69) is 16.9 Å². The number of aromatic amines is 1. The van der Waals surface area contributed by atoms with Crippen molar-refractivity contribution in [2.45, 2.75) is 20.3 Å². The molecule has 0 saturated heterocycles. The van der Waals surface area contributed by atoms with E-state index in [9.17, 15) is 0 Å². The summed E-state index contributed by atoms with van der Waals surface area (Å²) in [6.45, 7) is 5.08. The molecule has 0 radical (unpaired) electrons. The van der Waals surface area contributed by atoms with Crippen LogP contribution in [0.15, 0.2) is 23.3 Å². The largest absolute Gasteiger partial charge is 0.360 e. The van der Waals surface area contributed by atoms with Gasteiger partial charge in [-0.2, -0.15) is 0 Å². The summed E-state index contributed by atoms with van der Waals surface area (Å²) in [5, 5.41) is 0. The molecule has 0 atom stereocenters. The molecule has 1 N–H and O–H groups in total. The average molecular weight is 150 g/mol. The molecule has 0 fully saturated rings. The van der Waals surface area contributed by atoms with E-state index in [4.69, 9.17) is 0 Å². The lowest BCUT2D eigenvalue weighted by Crippen LogP contribution is -1.95. The molecule has 2 heteroatoms. The van der Waals surface area contributed by atoms with Crippen LogP contribution in [-0.4, -0.2) is 17.2 Å². The van der Waals surface area contributed by atoms with Gasteiger partial charge in [0.2, 0.25) is 0 Å². The Balaban J connectivity index is 2.62. The minimum atomic E-state index is 0.921. The maximum absolute atomic E-state index is 4.37. The van der Waals surface area contributed by atoms with Gasteiger partial charge in [0.15, 0.2) is 0 Å². The Morgan fingerprint density at radius 2 is 2.45 bits per heavy atom. The number of nitrogens with zero attached hydrogens (tertiary/aromatic N) is 1. The van der Waals surface area contributed by atoms with Crippen LogP contribution in [-0.2, 0) is 0 Å². The van der Waals surface area contributed by atoms with E-state index in [1.165, 1.54) is 0 Å². The Morgan fingerprint density at radius 3 is 3.00 bits per heavy atom. The second-order valence-electron chi connectivity index (χ2n) is 2.55. The Morgan fingerprint density at radius 1 is 1.64 bits per heavy atom. The van der Waals surface area contributed by atoms with Crippen LogP contribution < -0.4 is 0 Å². The molecule has 11 heavy (non-hydrogen) atoms. The van der Waals surface area contributed by atoms with Crippen LogP contribution >= 0.6 is 0 Å². The highest BCUT2D eigenvalue weighted by Crippen LogP contribution is 1.97. The van der Waals surface area contributed by atoms with Crippen molar-refractivity contribution in [1.82, 2.24) is 4.98 Å². The van der Waals surface area contributed by atoms with E-state index in [0.717, 1.165) is 24.4 Å². The summed E-state index contributed by atoms with van der Waals surface area (Å²) in [4.78, 5) is 7.49. The van der Waals surface area contributed by atoms with Gasteiger partial charge in [-0.1, -0.05) is 6.92 Å². The zero-order valence-corrected chi connectivity index (χ0v) is 7.09. The molecule has 1 rings (SSSR count). The molecule has 60 valence electrons. The number of aromatic nitrogens is 1. The normalized spacial score (nSPS) is 12.0. The summed E-state index contributed by atoms with van der Waals surface area (Å²) in [6.07, 6.45) is 3.03. The van der Waals surface area contributed by atoms with E-state index in [-0.39, 0.29) is 0 Å². The highest BCUT2D eigenvalue weighted by atomic mass is 14.8. The highest BCUT2D eigenvalue weighted by Gasteiger charge is 1.94. The summed E-state index contributed by atoms with van der Waals surface area (Å²) < 4.78 is 0. The van der Waals surface area contributed by atoms with E-state index in [1.807, 2.05) is 25.3 Å². The molecule has 0 aliphatic rings. The lowest BCUT2D eigenvalue weighted by molar-refractivity contribution is 0.930. The van der Waals surface area contributed by atoms with Crippen LogP contribution in [0.1, 0.15) is 26.0 Å². The van der Waals surface area contributed by atoms with Gasteiger partial charge < -0.3 is 4.98 Å². The van der Waals surface area contributed by atoms with E-state index < -0.39 is 0 Å². The van der Waals surface area contributed by atoms with Gasteiger partial charge in [0, 0.05) is 12.7 Å². The number of hydrogen-bond acceptors (Lipinski definition) is 1. The van der Waals surface area contributed by atoms with Crippen molar-refractivity contribution in [1.29, 1.82) is 0 Å². The zero-order chi connectivity index (χ0) is 8.10. The minimum absolute atomic E-state index is 0.921. The van der Waals surface area contributed by atoms with Gasteiger partial charge in [0.25, 0.3) is 0 Å². The third-order valence-electron chi connectivity index (χ3n) is 1.56. The SMILES string of the molecule is CCCN=C(C)c1ccc[nH]1. The molecule has 0 aliphatic heterocycles. The molecule has 0 bridgehead atoms. The molecule has 0 aliphatic carbocycles. The summed E-state index contributed by atoms with van der Waals surface area (Å²) in [5.41, 5.74) is 2.22. The summed E-state index contributed by atoms with van der Waals surface area (Å²) >= 11 is 0. The van der Waals surface area contributed by atoms with Crippen LogP contribution in [0.4, 0.5) is 0 Å². The molecule has 1 aromatic heterocycles. The van der Waals surface area contributed by atoms with Crippen LogP contribution in [0.3, 0.4) is 0 Å². The van der Waals surface area contributed by atoms with Crippen molar-refractivity contribution < 1.29 is 0 Å². The number of aliphatic imine (C=N–C) groups is 1. The topological polar surface area (TPSA) is 28.1 Å². The summed E-state index contributed by atoms with van der Waals surface area (Å²) in [5.74, 6) is 0. The Labute approximate surface area is 67.4 Å². The fraction of sp³-hybridized carbons (Fsp3) is 0.444. The first-order chi connectivity index (χ1) is 5.34. The predicted octanol–water partition coefficient (Wildman–Crippen LogP) is 2.23. The van der Waals surface area contributed by atoms with Gasteiger partial charge in [0.1, 0.15) is 0 Å². The molecule has 0 unspecified atom stereocenters. The molecule has 0 aromatic carbocycles. The zero-order valence-electron chi connectivity index (χ0n) is 7.09. The van der Waals surface area contributed by atoms with Gasteiger partial charge >= 0.3 is 0 Å². The standard InChI is InChI=1S/C9H14N2/c1-3-6-10-8(2)9-5-4-7-11-9/h4-5,7,11H,3,6H2,1-2H3. The fourth-order valence-corrected chi connectivity index (χ4v) is 0.920. The van der Waals surface area contributed by atoms with Crippen molar-refractivity contribution in [3.05, 3.63) is 24.0 Å². The van der Waals surface area contributed by atoms with E-state index in [1.54, 1.807) is 0 Å². The van der Waals surface area contributed by atoms with Crippen molar-refractivity contribution in [2.24, 2.45) is 4.99 Å². The first kappa shape index (κ1) is 8.05. The number of rotatable bonds is 3. The monoisotopic (exact) mass is 150 g/mol. The lowest BCUT2D eigenvalue weighted by Gasteiger charge is -1.95. The third-order valence-corrected chi connectivity index (χ3v) is 1.56. The minimum Gasteiger partial charge on any atom is -0.360 e. The molecule has 2 nitrogen and oxygen atoms in total. The van der Waals surface area contributed by atoms with Gasteiger partial charge in [-0.15, -0.1) is 0 Å². The molecule has 0 spiro atoms. The first-order valence-corrected chi connectivity index (χ1v) is 3.99. The Bertz CT molecular complexity index is 222. The van der Waals surface area contributed by atoms with Crippen LogP contribution in [0.2, 0.25) is 0 Å². The third kappa shape index (κ3) is 2.22. The smallest absolute Gasteiger partial charge is 0.0591 e. The molecule has 1 heterocycles. The van der Waals surface area contributed by atoms with E-state index in [0.29, 0.717) is 0 Å². The number of hydrogen-bond donors (Lipinski definition) is 1. The second kappa shape index (κ2) is 3.96. The summed E-state index contributed by atoms with van der Waals surface area (Å²) in [6, 6.07) is 4.02. The predicted molar refractivity (Wildman–Crippen MR) is 48.2 cm³/mol. The van der Waals surface area contributed by atoms with Crippen molar-refractivity contribution in [3.63, 3.8) is 0 Å². The maximum Gasteiger partial charge on any atom is 0.0591 e. The maximum atomic E-state index is 4.37. The Hall–Kier alpha value is -1.05. The van der Waals surface area contributed by atoms with Crippen LogP contribution in [0.25, 0.3) is 0 Å². The van der Waals surface area contributed by atoms with Crippen molar-refractivity contribution in [2.75, 3.05) is 6.54 Å². The number of H-pyrrole nitrogens is 1. The first-order valence-electron chi connectivity index (χ1n) is 3.99. The van der Waals surface area contributed by atoms with Gasteiger partial charge in [-0.05, 0) is 25.5 Å². The Kier molecular flexibility index (Phi) is 2.90. The molecule has 0 saturated carbocycles. The molecule has 1 aromatic rings. The fourth-order valence-electron chi connectivity index (χ4n) is 0.920. The summed E-state index contributed by atoms with van der Waals surface area (Å²) in [7, 11) is 0.